The zero-order valence-electron chi connectivity index (χ0n) is 14.8. The van der Waals surface area contributed by atoms with Crippen molar-refractivity contribution in [3.63, 3.8) is 0 Å². The third-order valence-corrected chi connectivity index (χ3v) is 5.40. The minimum atomic E-state index is -0.200. The molecule has 0 radical (unpaired) electrons. The van der Waals surface area contributed by atoms with Crippen LogP contribution in [0.1, 0.15) is 44.1 Å². The van der Waals surface area contributed by atoms with E-state index in [1.165, 1.54) is 16.9 Å². The van der Waals surface area contributed by atoms with E-state index in [4.69, 9.17) is 0 Å². The molecule has 0 aliphatic heterocycles. The quantitative estimate of drug-likeness (QED) is 0.592. The van der Waals surface area contributed by atoms with Gasteiger partial charge in [-0.15, -0.1) is 0 Å². The van der Waals surface area contributed by atoms with Gasteiger partial charge in [-0.1, -0.05) is 42.0 Å². The molecule has 2 nitrogen and oxygen atoms in total. The van der Waals surface area contributed by atoms with Crippen molar-refractivity contribution in [3.05, 3.63) is 53.1 Å². The van der Waals surface area contributed by atoms with Crippen molar-refractivity contribution in [1.82, 2.24) is 0 Å². The molecule has 1 fully saturated rings. The molecule has 1 aromatic carbocycles. The molecule has 3 heteroatoms. The van der Waals surface area contributed by atoms with E-state index >= 15 is 0 Å². The molecule has 0 aromatic heterocycles. The zero-order valence-corrected chi connectivity index (χ0v) is 15.5. The van der Waals surface area contributed by atoms with Crippen LogP contribution in [0.25, 0.3) is 6.08 Å². The topological polar surface area (TPSA) is 21.5 Å². The number of carbonyl (C=O) groups excluding carboxylic acids is 1. The highest BCUT2D eigenvalue weighted by Gasteiger charge is 2.47. The zero-order chi connectivity index (χ0) is 16.3. The van der Waals surface area contributed by atoms with E-state index in [1.807, 2.05) is 18.2 Å². The standard InChI is InChI=1S/C21H27NO.ClH/c1-22(2)15-14-21(19-10-6-7-11-19)13-12-18(20(21)23)16-17-8-4-3-5-9-17;/h3-5,8-10,16H,6-7,11-15H2,1-2H3;1H/b18-16+;. The van der Waals surface area contributed by atoms with Gasteiger partial charge >= 0.3 is 0 Å². The molecule has 1 atom stereocenters. The van der Waals surface area contributed by atoms with Crippen molar-refractivity contribution in [2.45, 2.75) is 38.5 Å². The molecule has 130 valence electrons. The lowest BCUT2D eigenvalue weighted by atomic mass is 9.74. The molecule has 24 heavy (non-hydrogen) atoms. The summed E-state index contributed by atoms with van der Waals surface area (Å²) in [5.41, 5.74) is 3.40. The van der Waals surface area contributed by atoms with Crippen molar-refractivity contribution < 1.29 is 22.1 Å². The lowest BCUT2D eigenvalue weighted by Crippen LogP contribution is -3.05. The minimum Gasteiger partial charge on any atom is -1.00 e. The molecule has 1 saturated carbocycles. The van der Waals surface area contributed by atoms with Crippen molar-refractivity contribution in [3.8, 4) is 0 Å². The number of hydrogen-bond donors (Lipinski definition) is 1. The number of benzene rings is 1. The van der Waals surface area contributed by atoms with Gasteiger partial charge in [0.1, 0.15) is 0 Å². The number of quaternary nitrogens is 1. The van der Waals surface area contributed by atoms with Crippen molar-refractivity contribution in [2.75, 3.05) is 20.6 Å². The van der Waals surface area contributed by atoms with Crippen LogP contribution >= 0.6 is 0 Å². The SMILES string of the molecule is C[NH+](C)CCC1(C2=CCCC2)CC/C(=C\c2ccccc2)C1=O.[Cl-]. The summed E-state index contributed by atoms with van der Waals surface area (Å²) in [7, 11) is 4.35. The monoisotopic (exact) mass is 345 g/mol. The Bertz CT molecular complexity index is 632. The van der Waals surface area contributed by atoms with Crippen molar-refractivity contribution in [2.24, 2.45) is 5.41 Å². The second-order valence-corrected chi connectivity index (χ2v) is 7.32. The molecular weight excluding hydrogens is 318 g/mol. The lowest BCUT2D eigenvalue weighted by Gasteiger charge is -2.29. The number of nitrogens with one attached hydrogen (secondary N) is 1. The van der Waals surface area contributed by atoms with Crippen LogP contribution in [0, 0.1) is 5.41 Å². The number of halogens is 1. The Balaban J connectivity index is 0.00000208. The van der Waals surface area contributed by atoms with Gasteiger partial charge in [-0.2, -0.15) is 0 Å². The molecule has 1 unspecified atom stereocenters. The predicted octanol–water partition coefficient (Wildman–Crippen LogP) is 0.0682. The number of hydrogen-bond acceptors (Lipinski definition) is 1. The van der Waals surface area contributed by atoms with E-state index in [2.05, 4.69) is 38.4 Å². The van der Waals surface area contributed by atoms with Crippen LogP contribution in [0.4, 0.5) is 0 Å². The van der Waals surface area contributed by atoms with Gasteiger partial charge in [0.25, 0.3) is 0 Å². The van der Waals surface area contributed by atoms with Crippen molar-refractivity contribution >= 4 is 11.9 Å². The highest BCUT2D eigenvalue weighted by Crippen LogP contribution is 2.49. The molecule has 0 heterocycles. The fourth-order valence-electron chi connectivity index (χ4n) is 4.04. The Labute approximate surface area is 152 Å². The second-order valence-electron chi connectivity index (χ2n) is 7.32. The first-order valence-electron chi connectivity index (χ1n) is 8.91. The fourth-order valence-corrected chi connectivity index (χ4v) is 4.04. The van der Waals surface area contributed by atoms with Crippen LogP contribution in [0.2, 0.25) is 0 Å². The summed E-state index contributed by atoms with van der Waals surface area (Å²) in [5.74, 6) is 0.399. The first kappa shape index (κ1) is 19.0. The van der Waals surface area contributed by atoms with Gasteiger partial charge < -0.3 is 17.3 Å². The average molecular weight is 346 g/mol. The maximum Gasteiger partial charge on any atom is 0.169 e. The molecule has 0 bridgehead atoms. The van der Waals surface area contributed by atoms with E-state index in [-0.39, 0.29) is 17.8 Å². The number of ketones is 1. The summed E-state index contributed by atoms with van der Waals surface area (Å²) in [4.78, 5) is 14.7. The van der Waals surface area contributed by atoms with Gasteiger partial charge in [0.2, 0.25) is 0 Å². The largest absolute Gasteiger partial charge is 1.00 e. The highest BCUT2D eigenvalue weighted by molar-refractivity contribution is 6.07. The smallest absolute Gasteiger partial charge is 0.169 e. The Morgan fingerprint density at radius 1 is 1.17 bits per heavy atom. The molecular formula is C21H28ClNO. The van der Waals surface area contributed by atoms with Gasteiger partial charge in [-0.3, -0.25) is 4.79 Å². The number of allylic oxidation sites excluding steroid dienone is 3. The molecule has 3 rings (SSSR count). The van der Waals surface area contributed by atoms with Crippen LogP contribution in [0.5, 0.6) is 0 Å². The molecule has 0 amide bonds. The summed E-state index contributed by atoms with van der Waals surface area (Å²) >= 11 is 0. The summed E-state index contributed by atoms with van der Waals surface area (Å²) in [6, 6.07) is 10.3. The maximum atomic E-state index is 13.3. The molecule has 0 saturated heterocycles. The summed E-state index contributed by atoms with van der Waals surface area (Å²) in [6.45, 7) is 1.06. The number of Topliss-reactive ketones (excluding diaryl/α,β-unsaturated/α-hetero) is 1. The Morgan fingerprint density at radius 3 is 2.54 bits per heavy atom. The number of rotatable bonds is 5. The predicted molar refractivity (Wildman–Crippen MR) is 95.3 cm³/mol. The average Bonchev–Trinajstić information content (AvgIpc) is 3.18. The van der Waals surface area contributed by atoms with E-state index in [0.29, 0.717) is 5.78 Å². The van der Waals surface area contributed by atoms with Gasteiger partial charge in [0.15, 0.2) is 5.78 Å². The van der Waals surface area contributed by atoms with Crippen molar-refractivity contribution in [1.29, 1.82) is 0 Å². The summed E-state index contributed by atoms with van der Waals surface area (Å²) in [5, 5.41) is 0. The van der Waals surface area contributed by atoms with Crippen LogP contribution < -0.4 is 17.3 Å². The Hall–Kier alpha value is -1.38. The molecule has 0 spiro atoms. The summed E-state index contributed by atoms with van der Waals surface area (Å²) in [6.07, 6.45) is 10.9. The van der Waals surface area contributed by atoms with E-state index in [9.17, 15) is 4.79 Å². The normalized spacial score (nSPS) is 25.2. The maximum absolute atomic E-state index is 13.3. The third kappa shape index (κ3) is 3.81. The van der Waals surface area contributed by atoms with Crippen LogP contribution in [0.3, 0.4) is 0 Å². The Morgan fingerprint density at radius 2 is 1.92 bits per heavy atom. The fraction of sp³-hybridized carbons (Fsp3) is 0.476. The third-order valence-electron chi connectivity index (χ3n) is 5.40. The van der Waals surface area contributed by atoms with Gasteiger partial charge in [-0.05, 0) is 49.3 Å². The van der Waals surface area contributed by atoms with Gasteiger partial charge in [0.05, 0.1) is 26.1 Å². The first-order chi connectivity index (χ1) is 11.1. The van der Waals surface area contributed by atoms with Crippen LogP contribution in [-0.2, 0) is 4.79 Å². The van der Waals surface area contributed by atoms with Gasteiger partial charge in [0, 0.05) is 6.42 Å². The number of carbonyl (C=O) groups is 1. The highest BCUT2D eigenvalue weighted by atomic mass is 35.5. The second kappa shape index (κ2) is 8.13. The minimum absolute atomic E-state index is 0. The molecule has 1 aromatic rings. The van der Waals surface area contributed by atoms with Crippen LogP contribution in [0.15, 0.2) is 47.6 Å². The van der Waals surface area contributed by atoms with E-state index in [1.54, 1.807) is 0 Å². The van der Waals surface area contributed by atoms with E-state index < -0.39 is 0 Å². The van der Waals surface area contributed by atoms with Gasteiger partial charge in [-0.25, -0.2) is 0 Å². The lowest BCUT2D eigenvalue weighted by molar-refractivity contribution is -0.859. The first-order valence-corrected chi connectivity index (χ1v) is 8.91. The molecule has 2 aliphatic rings. The molecule has 1 N–H and O–H groups in total. The van der Waals surface area contributed by atoms with Crippen LogP contribution in [-0.4, -0.2) is 26.4 Å². The Kier molecular flexibility index (Phi) is 6.42. The van der Waals surface area contributed by atoms with E-state index in [0.717, 1.165) is 49.8 Å². The molecule has 2 aliphatic carbocycles. The summed E-state index contributed by atoms with van der Waals surface area (Å²) < 4.78 is 0.